The van der Waals surface area contributed by atoms with Crippen molar-refractivity contribution in [2.75, 3.05) is 13.2 Å². The van der Waals surface area contributed by atoms with Gasteiger partial charge in [0.1, 0.15) is 6.61 Å². The first-order valence-electron chi connectivity index (χ1n) is 7.90. The Morgan fingerprint density at radius 2 is 1.48 bits per heavy atom. The number of carboxylic acid groups (broad SMARTS) is 1. The molecule has 0 aromatic heterocycles. The van der Waals surface area contributed by atoms with E-state index in [0.29, 0.717) is 13.0 Å². The summed E-state index contributed by atoms with van der Waals surface area (Å²) >= 11 is 0. The molecule has 0 fully saturated rings. The molecule has 0 aliphatic heterocycles. The molecule has 21 heavy (non-hydrogen) atoms. The lowest BCUT2D eigenvalue weighted by Crippen LogP contribution is -2.25. The van der Waals surface area contributed by atoms with Crippen molar-refractivity contribution >= 4 is 12.1 Å². The summed E-state index contributed by atoms with van der Waals surface area (Å²) < 4.78 is 4.79. The van der Waals surface area contributed by atoms with Crippen LogP contribution in [-0.4, -0.2) is 30.3 Å². The maximum atomic E-state index is 11.1. The van der Waals surface area contributed by atoms with E-state index in [2.05, 4.69) is 11.9 Å². The molecule has 0 saturated carbocycles. The quantitative estimate of drug-likeness (QED) is 0.377. The highest BCUT2D eigenvalue weighted by molar-refractivity contribution is 5.67. The molecule has 0 saturated heterocycles. The van der Waals surface area contributed by atoms with Crippen molar-refractivity contribution in [3.8, 4) is 0 Å². The van der Waals surface area contributed by atoms with Crippen LogP contribution in [0.5, 0.6) is 0 Å². The lowest BCUT2D eigenvalue weighted by atomic mass is 10.1. The van der Waals surface area contributed by atoms with Gasteiger partial charge >= 0.3 is 12.1 Å². The molecular formula is C16H29NO4. The summed E-state index contributed by atoms with van der Waals surface area (Å²) in [5, 5.41) is 11.2. The van der Waals surface area contributed by atoms with Gasteiger partial charge in [0.2, 0.25) is 0 Å². The third-order valence-corrected chi connectivity index (χ3v) is 3.17. The molecule has 0 bridgehead atoms. The maximum Gasteiger partial charge on any atom is 0.407 e. The lowest BCUT2D eigenvalue weighted by Gasteiger charge is -2.05. The van der Waals surface area contributed by atoms with Crippen LogP contribution in [0, 0.1) is 0 Å². The van der Waals surface area contributed by atoms with Gasteiger partial charge in [-0.3, -0.25) is 4.79 Å². The van der Waals surface area contributed by atoms with Crippen LogP contribution in [0.2, 0.25) is 0 Å². The molecule has 0 aliphatic carbocycles. The average Bonchev–Trinajstić information content (AvgIpc) is 2.45. The fraction of sp³-hybridized carbons (Fsp3) is 0.750. The Hall–Kier alpha value is -1.52. The number of hydrogen-bond acceptors (Lipinski definition) is 3. The first-order chi connectivity index (χ1) is 10.2. The van der Waals surface area contributed by atoms with Crippen molar-refractivity contribution in [2.24, 2.45) is 0 Å². The van der Waals surface area contributed by atoms with Gasteiger partial charge in [-0.05, 0) is 12.8 Å². The molecule has 2 N–H and O–H groups in total. The summed E-state index contributed by atoms with van der Waals surface area (Å²) in [6.45, 7) is 4.38. The van der Waals surface area contributed by atoms with E-state index < -0.39 is 5.97 Å². The minimum absolute atomic E-state index is 0.248. The van der Waals surface area contributed by atoms with Crippen molar-refractivity contribution in [2.45, 2.75) is 64.2 Å². The third-order valence-electron chi connectivity index (χ3n) is 3.17. The second-order valence-electron chi connectivity index (χ2n) is 5.14. The van der Waals surface area contributed by atoms with Crippen LogP contribution in [0.25, 0.3) is 0 Å². The van der Waals surface area contributed by atoms with Crippen LogP contribution in [-0.2, 0) is 9.53 Å². The number of nitrogens with one attached hydrogen (secondary N) is 1. The molecule has 122 valence electrons. The first-order valence-corrected chi connectivity index (χ1v) is 7.90. The topological polar surface area (TPSA) is 75.6 Å². The second-order valence-corrected chi connectivity index (χ2v) is 5.14. The number of amides is 1. The fourth-order valence-corrected chi connectivity index (χ4v) is 2.01. The fourth-order valence-electron chi connectivity index (χ4n) is 2.01. The predicted octanol–water partition coefficient (Wildman–Crippen LogP) is 3.88. The summed E-state index contributed by atoms with van der Waals surface area (Å²) in [6.07, 6.45) is 11.3. The van der Waals surface area contributed by atoms with Gasteiger partial charge in [-0.15, -0.1) is 0 Å². The highest BCUT2D eigenvalue weighted by Crippen LogP contribution is 2.10. The van der Waals surface area contributed by atoms with Crippen molar-refractivity contribution in [1.82, 2.24) is 5.32 Å². The van der Waals surface area contributed by atoms with E-state index in [1.807, 2.05) is 0 Å². The summed E-state index contributed by atoms with van der Waals surface area (Å²) in [5.41, 5.74) is 0. The molecule has 0 heterocycles. The van der Waals surface area contributed by atoms with E-state index in [0.717, 1.165) is 32.1 Å². The van der Waals surface area contributed by atoms with Crippen LogP contribution < -0.4 is 5.32 Å². The maximum absolute atomic E-state index is 11.1. The minimum Gasteiger partial charge on any atom is -0.481 e. The number of aliphatic carboxylic acids is 1. The van der Waals surface area contributed by atoms with E-state index in [-0.39, 0.29) is 12.7 Å². The van der Waals surface area contributed by atoms with Crippen LogP contribution in [0.1, 0.15) is 64.2 Å². The van der Waals surface area contributed by atoms with Gasteiger partial charge in [0.25, 0.3) is 0 Å². The summed E-state index contributed by atoms with van der Waals surface area (Å²) in [7, 11) is 0. The summed E-state index contributed by atoms with van der Waals surface area (Å²) in [5.74, 6) is -0.697. The number of alkyl carbamates (subject to hydrolysis) is 1. The molecule has 0 atom stereocenters. The zero-order valence-corrected chi connectivity index (χ0v) is 12.9. The SMILES string of the molecule is C=CCOC(=O)NCCCCCCCCCCCC(=O)O. The normalized spacial score (nSPS) is 10.1. The van der Waals surface area contributed by atoms with Crippen LogP contribution in [0.15, 0.2) is 12.7 Å². The average molecular weight is 299 g/mol. The number of rotatable bonds is 14. The van der Waals surface area contributed by atoms with Crippen molar-refractivity contribution < 1.29 is 19.4 Å². The Morgan fingerprint density at radius 1 is 0.952 bits per heavy atom. The van der Waals surface area contributed by atoms with Gasteiger partial charge in [0.05, 0.1) is 0 Å². The molecule has 1 amide bonds. The molecule has 0 aliphatic rings. The van der Waals surface area contributed by atoms with Gasteiger partial charge in [0.15, 0.2) is 0 Å². The van der Waals surface area contributed by atoms with Crippen LogP contribution in [0.4, 0.5) is 4.79 Å². The highest BCUT2D eigenvalue weighted by Gasteiger charge is 1.99. The van der Waals surface area contributed by atoms with E-state index in [4.69, 9.17) is 9.84 Å². The Balaban J connectivity index is 3.10. The van der Waals surface area contributed by atoms with E-state index in [9.17, 15) is 9.59 Å². The second kappa shape index (κ2) is 14.9. The molecule has 0 unspecified atom stereocenters. The molecule has 0 aromatic carbocycles. The van der Waals surface area contributed by atoms with E-state index >= 15 is 0 Å². The number of carbonyl (C=O) groups excluding carboxylic acids is 1. The summed E-state index contributed by atoms with van der Waals surface area (Å²) in [4.78, 5) is 21.4. The Kier molecular flexibility index (Phi) is 13.8. The standard InChI is InChI=1S/C16H29NO4/c1-2-14-21-16(20)17-13-11-9-7-5-3-4-6-8-10-12-15(18)19/h2H,1,3-14H2,(H,17,20)(H,18,19). The van der Waals surface area contributed by atoms with Crippen molar-refractivity contribution in [3.05, 3.63) is 12.7 Å². The summed E-state index contributed by atoms with van der Waals surface area (Å²) in [6, 6.07) is 0. The largest absolute Gasteiger partial charge is 0.481 e. The van der Waals surface area contributed by atoms with Gasteiger partial charge in [-0.2, -0.15) is 0 Å². The van der Waals surface area contributed by atoms with Crippen molar-refractivity contribution in [3.63, 3.8) is 0 Å². The van der Waals surface area contributed by atoms with Gasteiger partial charge in [-0.1, -0.05) is 57.6 Å². The Bertz CT molecular complexity index is 292. The molecule has 0 radical (unpaired) electrons. The zero-order chi connectivity index (χ0) is 15.8. The Morgan fingerprint density at radius 3 is 2.00 bits per heavy atom. The molecular weight excluding hydrogens is 270 g/mol. The number of unbranched alkanes of at least 4 members (excludes halogenated alkanes) is 8. The molecule has 0 spiro atoms. The lowest BCUT2D eigenvalue weighted by molar-refractivity contribution is -0.137. The van der Waals surface area contributed by atoms with Crippen LogP contribution in [0.3, 0.4) is 0 Å². The molecule has 5 nitrogen and oxygen atoms in total. The third kappa shape index (κ3) is 16.4. The molecule has 0 rings (SSSR count). The number of carboxylic acids is 1. The van der Waals surface area contributed by atoms with Gasteiger partial charge in [-0.25, -0.2) is 4.79 Å². The van der Waals surface area contributed by atoms with E-state index in [1.165, 1.54) is 25.7 Å². The van der Waals surface area contributed by atoms with Crippen LogP contribution >= 0.6 is 0 Å². The molecule has 5 heteroatoms. The molecule has 0 aromatic rings. The van der Waals surface area contributed by atoms with E-state index in [1.54, 1.807) is 6.08 Å². The van der Waals surface area contributed by atoms with Gasteiger partial charge < -0.3 is 15.2 Å². The number of ether oxygens (including phenoxy) is 1. The predicted molar refractivity (Wildman–Crippen MR) is 83.4 cm³/mol. The minimum atomic E-state index is -0.697. The van der Waals surface area contributed by atoms with Gasteiger partial charge in [0, 0.05) is 13.0 Å². The smallest absolute Gasteiger partial charge is 0.407 e. The Labute approximate surface area is 127 Å². The highest BCUT2D eigenvalue weighted by atomic mass is 16.5. The first kappa shape index (κ1) is 19.5. The number of carbonyl (C=O) groups is 2. The number of hydrogen-bond donors (Lipinski definition) is 2. The zero-order valence-electron chi connectivity index (χ0n) is 12.9. The monoisotopic (exact) mass is 299 g/mol. The van der Waals surface area contributed by atoms with Crippen molar-refractivity contribution in [1.29, 1.82) is 0 Å².